The average Bonchev–Trinajstić information content (AvgIpc) is 2.20. The van der Waals surface area contributed by atoms with Crippen molar-refractivity contribution >= 4 is 11.6 Å². The van der Waals surface area contributed by atoms with Crippen LogP contribution in [0.2, 0.25) is 0 Å². The Morgan fingerprint density at radius 2 is 1.94 bits per heavy atom. The van der Waals surface area contributed by atoms with E-state index >= 15 is 0 Å². The van der Waals surface area contributed by atoms with E-state index in [0.29, 0.717) is 13.2 Å². The van der Waals surface area contributed by atoms with Gasteiger partial charge in [0.1, 0.15) is 5.75 Å². The third kappa shape index (κ3) is 4.31. The summed E-state index contributed by atoms with van der Waals surface area (Å²) >= 11 is 0. The Kier molecular flexibility index (Phi) is 4.79. The van der Waals surface area contributed by atoms with Gasteiger partial charge >= 0.3 is 0 Å². The third-order valence-corrected chi connectivity index (χ3v) is 1.96. The van der Waals surface area contributed by atoms with Crippen molar-refractivity contribution in [1.82, 2.24) is 0 Å². The van der Waals surface area contributed by atoms with Crippen LogP contribution in [0.5, 0.6) is 5.75 Å². The highest BCUT2D eigenvalue weighted by Crippen LogP contribution is 2.15. The molecule has 0 aliphatic carbocycles. The number of amides is 1. The van der Waals surface area contributed by atoms with E-state index in [2.05, 4.69) is 5.32 Å². The Morgan fingerprint density at radius 3 is 2.44 bits per heavy atom. The lowest BCUT2D eigenvalue weighted by Crippen LogP contribution is -3.06. The Labute approximate surface area is 96.2 Å². The molecule has 4 nitrogen and oxygen atoms in total. The topological polar surface area (TPSA) is 42.8 Å². The summed E-state index contributed by atoms with van der Waals surface area (Å²) in [4.78, 5) is 12.6. The van der Waals surface area contributed by atoms with E-state index in [1.54, 1.807) is 0 Å². The van der Waals surface area contributed by atoms with Gasteiger partial charge in [0, 0.05) is 5.69 Å². The van der Waals surface area contributed by atoms with Gasteiger partial charge in [-0.3, -0.25) is 4.79 Å². The molecule has 0 aromatic heterocycles. The van der Waals surface area contributed by atoms with Crippen molar-refractivity contribution < 1.29 is 14.4 Å². The Morgan fingerprint density at radius 1 is 1.31 bits per heavy atom. The molecule has 0 aliphatic rings. The minimum atomic E-state index is 0.0177. The van der Waals surface area contributed by atoms with E-state index in [9.17, 15) is 4.79 Å². The molecule has 1 rings (SSSR count). The molecule has 0 aliphatic heterocycles. The van der Waals surface area contributed by atoms with Gasteiger partial charge in [0.25, 0.3) is 5.91 Å². The summed E-state index contributed by atoms with van der Waals surface area (Å²) in [5.41, 5.74) is 0.801. The first-order chi connectivity index (χ1) is 7.61. The van der Waals surface area contributed by atoms with Crippen molar-refractivity contribution in [3.05, 3.63) is 24.3 Å². The molecule has 1 aromatic carbocycles. The fourth-order valence-corrected chi connectivity index (χ4v) is 1.33. The Hall–Kier alpha value is -1.55. The highest BCUT2D eigenvalue weighted by Gasteiger charge is 2.05. The van der Waals surface area contributed by atoms with Crippen molar-refractivity contribution in [3.8, 4) is 5.75 Å². The van der Waals surface area contributed by atoms with Gasteiger partial charge in [0.15, 0.2) is 6.54 Å². The fourth-order valence-electron chi connectivity index (χ4n) is 1.33. The SMILES string of the molecule is CCOc1ccc(NC(=O)C[NH+](C)C)cc1. The van der Waals surface area contributed by atoms with Crippen LogP contribution in [0.15, 0.2) is 24.3 Å². The molecule has 0 heterocycles. The van der Waals surface area contributed by atoms with E-state index in [0.717, 1.165) is 16.3 Å². The van der Waals surface area contributed by atoms with Crippen molar-refractivity contribution in [1.29, 1.82) is 0 Å². The van der Waals surface area contributed by atoms with Gasteiger partial charge in [-0.15, -0.1) is 0 Å². The number of rotatable bonds is 5. The number of carbonyl (C=O) groups is 1. The lowest BCUT2D eigenvalue weighted by molar-refractivity contribution is -0.849. The zero-order valence-corrected chi connectivity index (χ0v) is 10.0. The summed E-state index contributed by atoms with van der Waals surface area (Å²) < 4.78 is 5.31. The van der Waals surface area contributed by atoms with Crippen LogP contribution in [0.3, 0.4) is 0 Å². The Bertz CT molecular complexity index is 333. The fraction of sp³-hybridized carbons (Fsp3) is 0.417. The lowest BCUT2D eigenvalue weighted by Gasteiger charge is -2.09. The molecular formula is C12H19N2O2+. The summed E-state index contributed by atoms with van der Waals surface area (Å²) in [5, 5.41) is 2.83. The zero-order chi connectivity index (χ0) is 12.0. The van der Waals surface area contributed by atoms with Gasteiger partial charge in [-0.1, -0.05) is 0 Å². The molecule has 0 unspecified atom stereocenters. The predicted octanol–water partition coefficient (Wildman–Crippen LogP) is 0.168. The van der Waals surface area contributed by atoms with Gasteiger partial charge in [-0.05, 0) is 31.2 Å². The minimum absolute atomic E-state index is 0.0177. The maximum Gasteiger partial charge on any atom is 0.279 e. The van der Waals surface area contributed by atoms with Gasteiger partial charge < -0.3 is 15.0 Å². The number of ether oxygens (including phenoxy) is 1. The molecule has 0 fully saturated rings. The average molecular weight is 223 g/mol. The van der Waals surface area contributed by atoms with E-state index in [1.807, 2.05) is 45.3 Å². The van der Waals surface area contributed by atoms with E-state index < -0.39 is 0 Å². The number of anilines is 1. The van der Waals surface area contributed by atoms with Crippen molar-refractivity contribution in [2.75, 3.05) is 32.6 Å². The second kappa shape index (κ2) is 6.12. The van der Waals surface area contributed by atoms with Gasteiger partial charge in [-0.2, -0.15) is 0 Å². The molecule has 4 heteroatoms. The quantitative estimate of drug-likeness (QED) is 0.747. The van der Waals surface area contributed by atoms with Gasteiger partial charge in [-0.25, -0.2) is 0 Å². The first-order valence-corrected chi connectivity index (χ1v) is 5.43. The van der Waals surface area contributed by atoms with Crippen LogP contribution >= 0.6 is 0 Å². The van der Waals surface area contributed by atoms with Crippen LogP contribution in [-0.2, 0) is 4.79 Å². The standard InChI is InChI=1S/C12H18N2O2/c1-4-16-11-7-5-10(6-8-11)13-12(15)9-14(2)3/h5-8H,4,9H2,1-3H3,(H,13,15)/p+1. The summed E-state index contributed by atoms with van der Waals surface area (Å²) in [7, 11) is 3.88. The summed E-state index contributed by atoms with van der Waals surface area (Å²) in [6.45, 7) is 3.05. The number of hydrogen-bond donors (Lipinski definition) is 2. The van der Waals surface area contributed by atoms with E-state index in [-0.39, 0.29) is 5.91 Å². The van der Waals surface area contributed by atoms with Crippen LogP contribution in [-0.4, -0.2) is 33.2 Å². The number of nitrogens with one attached hydrogen (secondary N) is 2. The van der Waals surface area contributed by atoms with Crippen LogP contribution in [0.25, 0.3) is 0 Å². The van der Waals surface area contributed by atoms with Crippen LogP contribution < -0.4 is 15.0 Å². The molecule has 0 bridgehead atoms. The number of likely N-dealkylation sites (N-methyl/N-ethyl adjacent to an activating group) is 1. The maximum absolute atomic E-state index is 11.5. The second-order valence-corrected chi connectivity index (χ2v) is 3.89. The molecular weight excluding hydrogens is 204 g/mol. The number of benzene rings is 1. The maximum atomic E-state index is 11.5. The van der Waals surface area contributed by atoms with Crippen molar-refractivity contribution in [2.45, 2.75) is 6.92 Å². The van der Waals surface area contributed by atoms with Gasteiger partial charge in [0.2, 0.25) is 0 Å². The molecule has 0 radical (unpaired) electrons. The van der Waals surface area contributed by atoms with E-state index in [1.165, 1.54) is 0 Å². The zero-order valence-electron chi connectivity index (χ0n) is 10.0. The smallest absolute Gasteiger partial charge is 0.279 e. The first kappa shape index (κ1) is 12.5. The normalized spacial score (nSPS) is 10.2. The highest BCUT2D eigenvalue weighted by atomic mass is 16.5. The summed E-state index contributed by atoms with van der Waals surface area (Å²) in [5.74, 6) is 0.836. The molecule has 1 aromatic rings. The number of hydrogen-bond acceptors (Lipinski definition) is 2. The highest BCUT2D eigenvalue weighted by molar-refractivity contribution is 5.91. The monoisotopic (exact) mass is 223 g/mol. The molecule has 1 amide bonds. The molecule has 0 spiro atoms. The van der Waals surface area contributed by atoms with Crippen LogP contribution in [0, 0.1) is 0 Å². The second-order valence-electron chi connectivity index (χ2n) is 3.89. The van der Waals surface area contributed by atoms with Crippen LogP contribution in [0.1, 0.15) is 6.92 Å². The number of carbonyl (C=O) groups excluding carboxylic acids is 1. The number of quaternary nitrogens is 1. The van der Waals surface area contributed by atoms with Crippen molar-refractivity contribution in [2.24, 2.45) is 0 Å². The van der Waals surface area contributed by atoms with E-state index in [4.69, 9.17) is 4.74 Å². The molecule has 0 saturated carbocycles. The molecule has 0 atom stereocenters. The molecule has 88 valence electrons. The summed E-state index contributed by atoms with van der Waals surface area (Å²) in [6, 6.07) is 7.38. The molecule has 2 N–H and O–H groups in total. The summed E-state index contributed by atoms with van der Waals surface area (Å²) in [6.07, 6.45) is 0. The minimum Gasteiger partial charge on any atom is -0.494 e. The first-order valence-electron chi connectivity index (χ1n) is 5.43. The lowest BCUT2D eigenvalue weighted by atomic mass is 10.3. The van der Waals surface area contributed by atoms with Crippen molar-refractivity contribution in [3.63, 3.8) is 0 Å². The third-order valence-electron chi connectivity index (χ3n) is 1.96. The predicted molar refractivity (Wildman–Crippen MR) is 63.9 cm³/mol. The van der Waals surface area contributed by atoms with Crippen LogP contribution in [0.4, 0.5) is 5.69 Å². The largest absolute Gasteiger partial charge is 0.494 e. The molecule has 0 saturated heterocycles. The molecule has 16 heavy (non-hydrogen) atoms. The Balaban J connectivity index is 2.51. The van der Waals surface area contributed by atoms with Gasteiger partial charge in [0.05, 0.1) is 20.7 Å².